The summed E-state index contributed by atoms with van der Waals surface area (Å²) in [6.07, 6.45) is -4.24. The van der Waals surface area contributed by atoms with E-state index in [-0.39, 0.29) is 37.1 Å². The van der Waals surface area contributed by atoms with Crippen LogP contribution in [0.15, 0.2) is 12.1 Å². The lowest BCUT2D eigenvalue weighted by atomic mass is 10.1. The summed E-state index contributed by atoms with van der Waals surface area (Å²) >= 11 is 6.27. The molecule has 1 aromatic carbocycles. The summed E-state index contributed by atoms with van der Waals surface area (Å²) < 4.78 is 48.4. The van der Waals surface area contributed by atoms with Gasteiger partial charge in [-0.25, -0.2) is 0 Å². The summed E-state index contributed by atoms with van der Waals surface area (Å²) in [5.41, 5.74) is 0.318. The third-order valence-corrected chi connectivity index (χ3v) is 4.38. The molecule has 0 atom stereocenters. The summed E-state index contributed by atoms with van der Waals surface area (Å²) in [6.45, 7) is 4.27. The van der Waals surface area contributed by atoms with Crippen molar-refractivity contribution in [2.75, 3.05) is 46.4 Å². The van der Waals surface area contributed by atoms with Crippen LogP contribution in [0.25, 0.3) is 0 Å². The van der Waals surface area contributed by atoms with Crippen LogP contribution in [-0.2, 0) is 0 Å². The average Bonchev–Trinajstić information content (AvgIpc) is 2.58. The minimum atomic E-state index is -4.24. The molecule has 9 heteroatoms. The van der Waals surface area contributed by atoms with E-state index in [1.807, 2.05) is 13.8 Å². The predicted molar refractivity (Wildman–Crippen MR) is 96.7 cm³/mol. The molecule has 1 saturated heterocycles. The van der Waals surface area contributed by atoms with Crippen molar-refractivity contribution in [2.24, 2.45) is 5.92 Å². The number of carbonyl (C=O) groups excluding carboxylic acids is 1. The number of carbonyl (C=O) groups is 1. The summed E-state index contributed by atoms with van der Waals surface area (Å²) in [5.74, 6) is 0.721. The zero-order valence-corrected chi connectivity index (χ0v) is 16.4. The Bertz CT molecular complexity index is 660. The van der Waals surface area contributed by atoms with Crippen molar-refractivity contribution >= 4 is 17.5 Å². The normalized spacial score (nSPS) is 15.9. The fraction of sp³-hybridized carbons (Fsp3) is 0.611. The molecule has 0 saturated carbocycles. The first-order chi connectivity index (χ1) is 12.6. The van der Waals surface area contributed by atoms with E-state index in [0.717, 1.165) is 0 Å². The number of rotatable bonds is 6. The van der Waals surface area contributed by atoms with Gasteiger partial charge in [0.25, 0.3) is 5.91 Å². The average molecular weight is 409 g/mol. The SMILES string of the molecule is COc1cc(C(=O)N2CCN(CC(F)(F)F)CC2)cc(Cl)c1OCC(C)C. The zero-order chi connectivity index (χ0) is 20.2. The van der Waals surface area contributed by atoms with E-state index >= 15 is 0 Å². The van der Waals surface area contributed by atoms with Gasteiger partial charge in [0.05, 0.1) is 25.3 Å². The molecule has 1 aliphatic heterocycles. The van der Waals surface area contributed by atoms with Crippen LogP contribution in [0, 0.1) is 5.92 Å². The van der Waals surface area contributed by atoms with E-state index in [2.05, 4.69) is 0 Å². The van der Waals surface area contributed by atoms with Gasteiger partial charge < -0.3 is 14.4 Å². The van der Waals surface area contributed by atoms with Crippen molar-refractivity contribution in [1.82, 2.24) is 9.80 Å². The van der Waals surface area contributed by atoms with E-state index in [0.29, 0.717) is 29.6 Å². The maximum absolute atomic E-state index is 12.7. The summed E-state index contributed by atoms with van der Waals surface area (Å²) in [4.78, 5) is 15.5. The van der Waals surface area contributed by atoms with Gasteiger partial charge in [-0.15, -0.1) is 0 Å². The van der Waals surface area contributed by atoms with Gasteiger partial charge in [-0.05, 0) is 18.1 Å². The largest absolute Gasteiger partial charge is 0.493 e. The highest BCUT2D eigenvalue weighted by molar-refractivity contribution is 6.32. The number of halogens is 4. The first kappa shape index (κ1) is 21.6. The monoisotopic (exact) mass is 408 g/mol. The van der Waals surface area contributed by atoms with Crippen LogP contribution >= 0.6 is 11.6 Å². The summed E-state index contributed by atoms with van der Waals surface area (Å²) in [5, 5.41) is 0.258. The number of piperazine rings is 1. The van der Waals surface area contributed by atoms with Crippen LogP contribution in [0.3, 0.4) is 0 Å². The molecule has 27 heavy (non-hydrogen) atoms. The molecule has 1 heterocycles. The molecule has 0 aromatic heterocycles. The number of hydrogen-bond acceptors (Lipinski definition) is 4. The zero-order valence-electron chi connectivity index (χ0n) is 15.6. The van der Waals surface area contributed by atoms with Crippen molar-refractivity contribution < 1.29 is 27.4 Å². The Morgan fingerprint density at radius 2 is 1.85 bits per heavy atom. The van der Waals surface area contributed by atoms with Crippen LogP contribution in [-0.4, -0.2) is 68.3 Å². The number of nitrogens with zero attached hydrogens (tertiary/aromatic N) is 2. The van der Waals surface area contributed by atoms with Gasteiger partial charge in [0.1, 0.15) is 0 Å². The molecular weight excluding hydrogens is 385 g/mol. The molecule has 0 unspecified atom stereocenters. The Kier molecular flexibility index (Phi) is 7.22. The van der Waals surface area contributed by atoms with Gasteiger partial charge in [-0.3, -0.25) is 9.69 Å². The third kappa shape index (κ3) is 6.17. The third-order valence-electron chi connectivity index (χ3n) is 4.10. The second-order valence-corrected chi connectivity index (χ2v) is 7.29. The van der Waals surface area contributed by atoms with Gasteiger partial charge in [-0.1, -0.05) is 25.4 Å². The fourth-order valence-corrected chi connectivity index (χ4v) is 3.04. The van der Waals surface area contributed by atoms with E-state index < -0.39 is 12.7 Å². The molecule has 1 fully saturated rings. The molecule has 1 aliphatic rings. The number of methoxy groups -OCH3 is 1. The Balaban J connectivity index is 2.07. The summed E-state index contributed by atoms with van der Waals surface area (Å²) in [6, 6.07) is 3.05. The number of hydrogen-bond donors (Lipinski definition) is 0. The molecule has 0 aliphatic carbocycles. The summed E-state index contributed by atoms with van der Waals surface area (Å²) in [7, 11) is 1.46. The molecule has 0 spiro atoms. The molecule has 5 nitrogen and oxygen atoms in total. The molecule has 1 aromatic rings. The number of alkyl halides is 3. The Hall–Kier alpha value is -1.67. The van der Waals surface area contributed by atoms with E-state index in [1.165, 1.54) is 23.0 Å². The minimum absolute atomic E-state index is 0.172. The van der Waals surface area contributed by atoms with Gasteiger partial charge in [0.2, 0.25) is 0 Å². The molecule has 0 bridgehead atoms. The first-order valence-corrected chi connectivity index (χ1v) is 9.07. The molecule has 0 N–H and O–H groups in total. The van der Waals surface area contributed by atoms with Crippen LogP contribution in [0.5, 0.6) is 11.5 Å². The highest BCUT2D eigenvalue weighted by Crippen LogP contribution is 2.37. The van der Waals surface area contributed by atoms with Crippen LogP contribution in [0.2, 0.25) is 5.02 Å². The van der Waals surface area contributed by atoms with Crippen LogP contribution in [0.4, 0.5) is 13.2 Å². The van der Waals surface area contributed by atoms with E-state index in [1.54, 1.807) is 6.07 Å². The lowest BCUT2D eigenvalue weighted by Gasteiger charge is -2.35. The molecule has 152 valence electrons. The highest BCUT2D eigenvalue weighted by Gasteiger charge is 2.33. The van der Waals surface area contributed by atoms with E-state index in [4.69, 9.17) is 21.1 Å². The molecular formula is C18H24ClF3N2O3. The fourth-order valence-electron chi connectivity index (χ4n) is 2.78. The van der Waals surface area contributed by atoms with Crippen molar-refractivity contribution in [3.63, 3.8) is 0 Å². The van der Waals surface area contributed by atoms with Crippen molar-refractivity contribution in [1.29, 1.82) is 0 Å². The predicted octanol–water partition coefficient (Wildman–Crippen LogP) is 3.70. The Morgan fingerprint density at radius 1 is 1.22 bits per heavy atom. The second-order valence-electron chi connectivity index (χ2n) is 6.88. The molecule has 1 amide bonds. The minimum Gasteiger partial charge on any atom is -0.493 e. The van der Waals surface area contributed by atoms with Gasteiger partial charge in [0.15, 0.2) is 11.5 Å². The van der Waals surface area contributed by atoms with Gasteiger partial charge in [0, 0.05) is 31.7 Å². The van der Waals surface area contributed by atoms with Crippen molar-refractivity contribution in [3.05, 3.63) is 22.7 Å². The van der Waals surface area contributed by atoms with Crippen LogP contribution < -0.4 is 9.47 Å². The highest BCUT2D eigenvalue weighted by atomic mass is 35.5. The van der Waals surface area contributed by atoms with Gasteiger partial charge >= 0.3 is 6.18 Å². The van der Waals surface area contributed by atoms with Crippen molar-refractivity contribution in [2.45, 2.75) is 20.0 Å². The Labute approximate surface area is 162 Å². The van der Waals surface area contributed by atoms with Gasteiger partial charge in [-0.2, -0.15) is 13.2 Å². The molecule has 2 rings (SSSR count). The number of ether oxygens (including phenoxy) is 2. The van der Waals surface area contributed by atoms with Crippen LogP contribution in [0.1, 0.15) is 24.2 Å². The number of benzene rings is 1. The first-order valence-electron chi connectivity index (χ1n) is 8.69. The lowest BCUT2D eigenvalue weighted by molar-refractivity contribution is -0.148. The Morgan fingerprint density at radius 3 is 2.37 bits per heavy atom. The maximum atomic E-state index is 12.7. The smallest absolute Gasteiger partial charge is 0.401 e. The molecule has 0 radical (unpaired) electrons. The van der Waals surface area contributed by atoms with Crippen molar-refractivity contribution in [3.8, 4) is 11.5 Å². The second kappa shape index (κ2) is 9.01. The lowest BCUT2D eigenvalue weighted by Crippen LogP contribution is -2.50. The topological polar surface area (TPSA) is 42.0 Å². The standard InChI is InChI=1S/C18H24ClF3N2O3/c1-12(2)10-27-16-14(19)8-13(9-15(16)26-3)17(25)24-6-4-23(5-7-24)11-18(20,21)22/h8-9,12H,4-7,10-11H2,1-3H3. The van der Waals surface area contributed by atoms with E-state index in [9.17, 15) is 18.0 Å². The quantitative estimate of drug-likeness (QED) is 0.719. The maximum Gasteiger partial charge on any atom is 0.401 e. The number of amides is 1.